The van der Waals surface area contributed by atoms with Crippen LogP contribution in [0.15, 0.2) is 42.5 Å². The molecule has 0 spiro atoms. The van der Waals surface area contributed by atoms with Crippen molar-refractivity contribution in [2.75, 3.05) is 0 Å². The van der Waals surface area contributed by atoms with Gasteiger partial charge in [-0.25, -0.2) is 9.78 Å². The van der Waals surface area contributed by atoms with Gasteiger partial charge in [0.1, 0.15) is 10.3 Å². The average molecular weight is 325 g/mol. The van der Waals surface area contributed by atoms with E-state index in [1.54, 1.807) is 30.3 Å². The maximum absolute atomic E-state index is 12.1. The van der Waals surface area contributed by atoms with Gasteiger partial charge in [-0.1, -0.05) is 53.5 Å². The first-order chi connectivity index (χ1) is 9.99. The summed E-state index contributed by atoms with van der Waals surface area (Å²) in [5.41, 5.74) is 0.514. The Labute approximate surface area is 130 Å². The molecule has 1 atom stereocenters. The van der Waals surface area contributed by atoms with Crippen LogP contribution in [0.2, 0.25) is 10.3 Å². The van der Waals surface area contributed by atoms with Gasteiger partial charge in [0.05, 0.1) is 5.56 Å². The molecule has 2 N–H and O–H groups in total. The number of pyridine rings is 1. The number of hydrogen-bond acceptors (Lipinski definition) is 3. The van der Waals surface area contributed by atoms with Gasteiger partial charge < -0.3 is 10.4 Å². The van der Waals surface area contributed by atoms with Gasteiger partial charge in [-0.05, 0) is 17.7 Å². The molecule has 0 aliphatic rings. The van der Waals surface area contributed by atoms with Crippen LogP contribution >= 0.6 is 23.2 Å². The highest BCUT2D eigenvalue weighted by atomic mass is 35.5. The number of carboxylic acid groups (broad SMARTS) is 1. The molecule has 5 nitrogen and oxygen atoms in total. The van der Waals surface area contributed by atoms with E-state index in [9.17, 15) is 14.7 Å². The minimum absolute atomic E-state index is 0.0586. The van der Waals surface area contributed by atoms with Crippen molar-refractivity contribution in [2.24, 2.45) is 0 Å². The van der Waals surface area contributed by atoms with Gasteiger partial charge >= 0.3 is 5.97 Å². The maximum atomic E-state index is 12.1. The fourth-order valence-corrected chi connectivity index (χ4v) is 2.15. The molecule has 2 rings (SSSR count). The number of halogens is 2. The van der Waals surface area contributed by atoms with E-state index in [2.05, 4.69) is 10.3 Å². The molecule has 0 saturated carbocycles. The van der Waals surface area contributed by atoms with E-state index in [1.807, 2.05) is 0 Å². The minimum Gasteiger partial charge on any atom is -0.479 e. The SMILES string of the molecule is O=C(NC(C(=O)O)c1ccccc1)c1ccc(Cl)nc1Cl. The third-order valence-electron chi connectivity index (χ3n) is 2.71. The summed E-state index contributed by atoms with van der Waals surface area (Å²) >= 11 is 11.5. The van der Waals surface area contributed by atoms with Crippen molar-refractivity contribution in [1.82, 2.24) is 10.3 Å². The van der Waals surface area contributed by atoms with Crippen molar-refractivity contribution in [2.45, 2.75) is 6.04 Å². The molecule has 2 aromatic rings. The molecule has 0 radical (unpaired) electrons. The van der Waals surface area contributed by atoms with Gasteiger partial charge in [0, 0.05) is 0 Å². The third-order valence-corrected chi connectivity index (χ3v) is 3.21. The van der Waals surface area contributed by atoms with E-state index < -0.39 is 17.9 Å². The van der Waals surface area contributed by atoms with Crippen LogP contribution in [0, 0.1) is 0 Å². The lowest BCUT2D eigenvalue weighted by atomic mass is 10.1. The Bertz CT molecular complexity index is 677. The van der Waals surface area contributed by atoms with Crippen LogP contribution in [-0.4, -0.2) is 22.0 Å². The molecular weight excluding hydrogens is 315 g/mol. The molecule has 1 amide bonds. The number of carbonyl (C=O) groups excluding carboxylic acids is 1. The van der Waals surface area contributed by atoms with Crippen LogP contribution in [-0.2, 0) is 4.79 Å². The zero-order valence-corrected chi connectivity index (χ0v) is 12.1. The Hall–Kier alpha value is -2.11. The van der Waals surface area contributed by atoms with Crippen LogP contribution in [0.5, 0.6) is 0 Å². The Morgan fingerprint density at radius 3 is 2.33 bits per heavy atom. The first-order valence-corrected chi connectivity index (χ1v) is 6.65. The number of amides is 1. The van der Waals surface area contributed by atoms with E-state index in [1.165, 1.54) is 12.1 Å². The summed E-state index contributed by atoms with van der Waals surface area (Å²) in [7, 11) is 0. The molecule has 1 aromatic carbocycles. The van der Waals surface area contributed by atoms with E-state index in [0.717, 1.165) is 0 Å². The molecule has 0 fully saturated rings. The molecule has 21 heavy (non-hydrogen) atoms. The average Bonchev–Trinajstić information content (AvgIpc) is 2.45. The monoisotopic (exact) mass is 324 g/mol. The molecule has 7 heteroatoms. The first-order valence-electron chi connectivity index (χ1n) is 5.89. The quantitative estimate of drug-likeness (QED) is 0.847. The lowest BCUT2D eigenvalue weighted by Gasteiger charge is -2.15. The van der Waals surface area contributed by atoms with Crippen LogP contribution in [0.4, 0.5) is 0 Å². The number of aromatic nitrogens is 1. The summed E-state index contributed by atoms with van der Waals surface area (Å²) in [5, 5.41) is 11.7. The zero-order chi connectivity index (χ0) is 15.4. The lowest BCUT2D eigenvalue weighted by molar-refractivity contribution is -0.139. The van der Waals surface area contributed by atoms with E-state index >= 15 is 0 Å². The fourth-order valence-electron chi connectivity index (χ4n) is 1.72. The van der Waals surface area contributed by atoms with Gasteiger partial charge in [-0.15, -0.1) is 0 Å². The maximum Gasteiger partial charge on any atom is 0.330 e. The van der Waals surface area contributed by atoms with Gasteiger partial charge in [0.15, 0.2) is 6.04 Å². The highest BCUT2D eigenvalue weighted by molar-refractivity contribution is 6.34. The molecule has 108 valence electrons. The van der Waals surface area contributed by atoms with E-state index in [-0.39, 0.29) is 15.9 Å². The Morgan fingerprint density at radius 1 is 1.10 bits per heavy atom. The smallest absolute Gasteiger partial charge is 0.330 e. The van der Waals surface area contributed by atoms with Gasteiger partial charge in [0.2, 0.25) is 0 Å². The van der Waals surface area contributed by atoms with Gasteiger partial charge in [0.25, 0.3) is 5.91 Å². The highest BCUT2D eigenvalue weighted by Crippen LogP contribution is 2.19. The minimum atomic E-state index is -1.18. The summed E-state index contributed by atoms with van der Waals surface area (Å²) < 4.78 is 0. The molecular formula is C14H10Cl2N2O3. The van der Waals surface area contributed by atoms with Gasteiger partial charge in [-0.2, -0.15) is 0 Å². The second-order valence-electron chi connectivity index (χ2n) is 4.13. The molecule has 0 aliphatic carbocycles. The van der Waals surface area contributed by atoms with Crippen LogP contribution in [0.3, 0.4) is 0 Å². The number of aliphatic carboxylic acids is 1. The highest BCUT2D eigenvalue weighted by Gasteiger charge is 2.23. The third kappa shape index (κ3) is 3.71. The Morgan fingerprint density at radius 2 is 1.76 bits per heavy atom. The molecule has 0 saturated heterocycles. The second-order valence-corrected chi connectivity index (χ2v) is 4.87. The number of carboxylic acids is 1. The van der Waals surface area contributed by atoms with Crippen molar-refractivity contribution < 1.29 is 14.7 Å². The normalized spacial score (nSPS) is 11.7. The Kier molecular flexibility index (Phi) is 4.77. The topological polar surface area (TPSA) is 79.3 Å². The lowest BCUT2D eigenvalue weighted by Crippen LogP contribution is -2.34. The van der Waals surface area contributed by atoms with Gasteiger partial charge in [-0.3, -0.25) is 4.79 Å². The zero-order valence-electron chi connectivity index (χ0n) is 10.6. The summed E-state index contributed by atoms with van der Waals surface area (Å²) in [6, 6.07) is 9.97. The number of carbonyl (C=O) groups is 2. The van der Waals surface area contributed by atoms with Crippen LogP contribution in [0.25, 0.3) is 0 Å². The van der Waals surface area contributed by atoms with Crippen molar-refractivity contribution in [3.05, 3.63) is 63.9 Å². The molecule has 1 unspecified atom stereocenters. The van der Waals surface area contributed by atoms with Crippen molar-refractivity contribution in [3.8, 4) is 0 Å². The van der Waals surface area contributed by atoms with Crippen LogP contribution in [0.1, 0.15) is 22.0 Å². The standard InChI is InChI=1S/C14H10Cl2N2O3/c15-10-7-6-9(12(16)17-10)13(19)18-11(14(20)21)8-4-2-1-3-5-8/h1-7,11H,(H,18,19)(H,20,21). The van der Waals surface area contributed by atoms with E-state index in [0.29, 0.717) is 5.56 Å². The summed E-state index contributed by atoms with van der Waals surface area (Å²) in [5.74, 6) is -1.81. The Balaban J connectivity index is 2.25. The predicted octanol–water partition coefficient (Wildman–Crippen LogP) is 2.94. The van der Waals surface area contributed by atoms with Crippen molar-refractivity contribution in [1.29, 1.82) is 0 Å². The number of nitrogens with zero attached hydrogens (tertiary/aromatic N) is 1. The molecule has 1 aromatic heterocycles. The number of nitrogens with one attached hydrogen (secondary N) is 1. The van der Waals surface area contributed by atoms with Crippen molar-refractivity contribution in [3.63, 3.8) is 0 Å². The van der Waals surface area contributed by atoms with Crippen molar-refractivity contribution >= 4 is 35.1 Å². The predicted molar refractivity (Wildman–Crippen MR) is 78.5 cm³/mol. The molecule has 1 heterocycles. The van der Waals surface area contributed by atoms with Crippen LogP contribution < -0.4 is 5.32 Å². The second kappa shape index (κ2) is 6.56. The number of hydrogen-bond donors (Lipinski definition) is 2. The first kappa shape index (κ1) is 15.3. The summed E-state index contributed by atoms with van der Waals surface area (Å²) in [6.45, 7) is 0. The fraction of sp³-hybridized carbons (Fsp3) is 0.0714. The summed E-state index contributed by atoms with van der Waals surface area (Å²) in [6.07, 6.45) is 0. The van der Waals surface area contributed by atoms with E-state index in [4.69, 9.17) is 23.2 Å². The molecule has 0 aliphatic heterocycles. The number of rotatable bonds is 4. The molecule has 0 bridgehead atoms. The number of benzene rings is 1. The largest absolute Gasteiger partial charge is 0.479 e. The summed E-state index contributed by atoms with van der Waals surface area (Å²) in [4.78, 5) is 27.2.